The third-order valence-corrected chi connectivity index (χ3v) is 8.45. The van der Waals surface area contributed by atoms with Crippen LogP contribution < -0.4 is 15.4 Å². The molecule has 1 atom stereocenters. The van der Waals surface area contributed by atoms with Crippen molar-refractivity contribution in [3.8, 4) is 0 Å². The summed E-state index contributed by atoms with van der Waals surface area (Å²) in [5, 5.41) is 4.96. The number of halogens is 1. The molecule has 0 spiro atoms. The van der Waals surface area contributed by atoms with Crippen molar-refractivity contribution in [1.29, 1.82) is 0 Å². The first kappa shape index (κ1) is 20.4. The number of aromatic nitrogens is 1. The SMILES string of the molecule is C=C[Si](C)(C)c1ccc(NC(=O)N2CCN(c3ncccc3Cl)C[C@H]2C)cc1. The van der Waals surface area contributed by atoms with Crippen molar-refractivity contribution in [3.05, 3.63) is 59.9 Å². The van der Waals surface area contributed by atoms with Crippen LogP contribution in [-0.2, 0) is 0 Å². The van der Waals surface area contributed by atoms with E-state index in [0.717, 1.165) is 11.5 Å². The fraction of sp³-hybridized carbons (Fsp3) is 0.333. The molecule has 2 heterocycles. The summed E-state index contributed by atoms with van der Waals surface area (Å²) in [6.07, 6.45) is 1.74. The summed E-state index contributed by atoms with van der Waals surface area (Å²) in [5.41, 5.74) is 2.88. The molecule has 3 rings (SSSR count). The molecule has 1 aliphatic rings. The Hall–Kier alpha value is -2.31. The number of nitrogens with one attached hydrogen (secondary N) is 1. The minimum absolute atomic E-state index is 0.0539. The van der Waals surface area contributed by atoms with Gasteiger partial charge in [0.25, 0.3) is 0 Å². The molecule has 1 aliphatic heterocycles. The fourth-order valence-corrected chi connectivity index (χ4v) is 4.86. The minimum atomic E-state index is -1.59. The lowest BCUT2D eigenvalue weighted by molar-refractivity contribution is 0.184. The number of carbonyl (C=O) groups is 1. The molecule has 1 fully saturated rings. The van der Waals surface area contributed by atoms with E-state index in [4.69, 9.17) is 11.6 Å². The van der Waals surface area contributed by atoms with Gasteiger partial charge in [-0.2, -0.15) is 0 Å². The predicted octanol–water partition coefficient (Wildman–Crippen LogP) is 4.12. The monoisotopic (exact) mass is 414 g/mol. The molecule has 0 aliphatic carbocycles. The number of rotatable bonds is 4. The maximum Gasteiger partial charge on any atom is 0.322 e. The van der Waals surface area contributed by atoms with Crippen molar-refractivity contribution in [2.75, 3.05) is 29.9 Å². The van der Waals surface area contributed by atoms with Crippen molar-refractivity contribution in [1.82, 2.24) is 9.88 Å². The summed E-state index contributed by atoms with van der Waals surface area (Å²) in [6.45, 7) is 12.5. The number of piperazine rings is 1. The highest BCUT2D eigenvalue weighted by Gasteiger charge is 2.29. The first-order valence-electron chi connectivity index (χ1n) is 9.49. The molecular weight excluding hydrogens is 388 g/mol. The van der Waals surface area contributed by atoms with Gasteiger partial charge < -0.3 is 15.1 Å². The molecule has 2 amide bonds. The highest BCUT2D eigenvalue weighted by atomic mass is 35.5. The lowest BCUT2D eigenvalue weighted by Gasteiger charge is -2.40. The van der Waals surface area contributed by atoms with Crippen molar-refractivity contribution < 1.29 is 4.79 Å². The molecule has 0 bridgehead atoms. The molecule has 0 saturated carbocycles. The van der Waals surface area contributed by atoms with Crippen molar-refractivity contribution >= 4 is 42.4 Å². The lowest BCUT2D eigenvalue weighted by atomic mass is 10.2. The van der Waals surface area contributed by atoms with E-state index < -0.39 is 8.07 Å². The predicted molar refractivity (Wildman–Crippen MR) is 120 cm³/mol. The van der Waals surface area contributed by atoms with Gasteiger partial charge in [0, 0.05) is 37.6 Å². The van der Waals surface area contributed by atoms with E-state index in [1.54, 1.807) is 6.20 Å². The zero-order valence-corrected chi connectivity index (χ0v) is 18.4. The summed E-state index contributed by atoms with van der Waals surface area (Å²) >= 11 is 6.27. The molecule has 1 N–H and O–H groups in total. The number of anilines is 2. The van der Waals surface area contributed by atoms with Crippen LogP contribution in [0.25, 0.3) is 0 Å². The normalized spacial score (nSPS) is 17.4. The Bertz CT molecular complexity index is 856. The Balaban J connectivity index is 1.63. The van der Waals surface area contributed by atoms with Crippen LogP contribution in [0.5, 0.6) is 0 Å². The highest BCUT2D eigenvalue weighted by Crippen LogP contribution is 2.25. The molecule has 1 saturated heterocycles. The van der Waals surface area contributed by atoms with Gasteiger partial charge in [0.1, 0.15) is 13.9 Å². The molecule has 1 aromatic carbocycles. The van der Waals surface area contributed by atoms with E-state index in [-0.39, 0.29) is 12.1 Å². The molecular formula is C21H27ClN4OSi. The van der Waals surface area contributed by atoms with Crippen LogP contribution >= 0.6 is 11.6 Å². The summed E-state index contributed by atoms with van der Waals surface area (Å²) in [6, 6.07) is 11.8. The summed E-state index contributed by atoms with van der Waals surface area (Å²) in [5.74, 6) is 0.778. The van der Waals surface area contributed by atoms with Gasteiger partial charge in [0.05, 0.1) is 5.02 Å². The summed E-state index contributed by atoms with van der Waals surface area (Å²) < 4.78 is 0. The molecule has 5 nitrogen and oxygen atoms in total. The van der Waals surface area contributed by atoms with Crippen molar-refractivity contribution in [2.45, 2.75) is 26.1 Å². The highest BCUT2D eigenvalue weighted by molar-refractivity contribution is 6.93. The number of nitrogens with zero attached hydrogens (tertiary/aromatic N) is 3. The van der Waals surface area contributed by atoms with Gasteiger partial charge in [-0.05, 0) is 31.2 Å². The lowest BCUT2D eigenvalue weighted by Crippen LogP contribution is -2.55. The van der Waals surface area contributed by atoms with Crippen LogP contribution in [0.15, 0.2) is 54.9 Å². The van der Waals surface area contributed by atoms with Gasteiger partial charge in [-0.25, -0.2) is 9.78 Å². The number of pyridine rings is 1. The fourth-order valence-electron chi connectivity index (χ4n) is 3.36. The molecule has 7 heteroatoms. The zero-order valence-electron chi connectivity index (χ0n) is 16.7. The second-order valence-corrected chi connectivity index (χ2v) is 12.6. The van der Waals surface area contributed by atoms with Gasteiger partial charge in [-0.15, -0.1) is 6.58 Å². The smallest absolute Gasteiger partial charge is 0.322 e. The zero-order chi connectivity index (χ0) is 20.3. The number of carbonyl (C=O) groups excluding carboxylic acids is 1. The maximum atomic E-state index is 12.8. The van der Waals surface area contributed by atoms with Crippen LogP contribution in [-0.4, -0.2) is 49.7 Å². The summed E-state index contributed by atoms with van der Waals surface area (Å²) in [7, 11) is -1.59. The Morgan fingerprint density at radius 3 is 2.61 bits per heavy atom. The first-order valence-corrected chi connectivity index (χ1v) is 12.9. The molecule has 28 heavy (non-hydrogen) atoms. The average molecular weight is 415 g/mol. The Morgan fingerprint density at radius 2 is 2.00 bits per heavy atom. The molecule has 1 aromatic heterocycles. The summed E-state index contributed by atoms with van der Waals surface area (Å²) in [4.78, 5) is 21.2. The number of hydrogen-bond acceptors (Lipinski definition) is 3. The van der Waals surface area contributed by atoms with E-state index in [2.05, 4.69) is 52.7 Å². The number of hydrogen-bond donors (Lipinski definition) is 1. The van der Waals surface area contributed by atoms with E-state index >= 15 is 0 Å². The number of amides is 2. The van der Waals surface area contributed by atoms with Gasteiger partial charge in [0.15, 0.2) is 0 Å². The Labute approximate surface area is 173 Å². The van der Waals surface area contributed by atoms with E-state index in [0.29, 0.717) is 24.7 Å². The largest absolute Gasteiger partial charge is 0.352 e. The topological polar surface area (TPSA) is 48.5 Å². The molecule has 2 aromatic rings. The minimum Gasteiger partial charge on any atom is -0.352 e. The third-order valence-electron chi connectivity index (χ3n) is 5.32. The van der Waals surface area contributed by atoms with Crippen LogP contribution in [0.4, 0.5) is 16.3 Å². The second-order valence-electron chi connectivity index (χ2n) is 7.73. The Morgan fingerprint density at radius 1 is 1.29 bits per heavy atom. The molecule has 148 valence electrons. The quantitative estimate of drug-likeness (QED) is 0.765. The first-order chi connectivity index (χ1) is 13.3. The van der Waals surface area contributed by atoms with E-state index in [1.165, 1.54) is 5.19 Å². The second kappa shape index (κ2) is 8.37. The standard InChI is InChI=1S/C21H27ClN4OSi/c1-5-28(3,4)18-10-8-17(9-11-18)24-21(27)26-14-13-25(15-16(26)2)20-19(22)7-6-12-23-20/h5-12,16H,1,13-15H2,2-4H3,(H,24,27)/t16-/m1/s1. The van der Waals surface area contributed by atoms with Crippen molar-refractivity contribution in [2.24, 2.45) is 0 Å². The van der Waals surface area contributed by atoms with Crippen LogP contribution in [0, 0.1) is 0 Å². The van der Waals surface area contributed by atoms with Crippen molar-refractivity contribution in [3.63, 3.8) is 0 Å². The van der Waals surface area contributed by atoms with Crippen LogP contribution in [0.2, 0.25) is 18.1 Å². The van der Waals surface area contributed by atoms with Crippen LogP contribution in [0.1, 0.15) is 6.92 Å². The number of benzene rings is 1. The maximum absolute atomic E-state index is 12.8. The van der Waals surface area contributed by atoms with E-state index in [9.17, 15) is 4.79 Å². The van der Waals surface area contributed by atoms with Gasteiger partial charge >= 0.3 is 6.03 Å². The third kappa shape index (κ3) is 4.39. The van der Waals surface area contributed by atoms with Gasteiger partial charge in [-0.3, -0.25) is 0 Å². The van der Waals surface area contributed by atoms with Gasteiger partial charge in [-0.1, -0.05) is 47.7 Å². The molecule has 0 radical (unpaired) electrons. The number of urea groups is 1. The van der Waals surface area contributed by atoms with E-state index in [1.807, 2.05) is 36.1 Å². The molecule has 0 unspecified atom stereocenters. The van der Waals surface area contributed by atoms with Crippen LogP contribution in [0.3, 0.4) is 0 Å². The Kier molecular flexibility index (Phi) is 6.10. The average Bonchev–Trinajstić information content (AvgIpc) is 2.68. The van der Waals surface area contributed by atoms with Gasteiger partial charge in [0.2, 0.25) is 0 Å².